The Morgan fingerprint density at radius 3 is 2.72 bits per heavy atom. The molecule has 0 aliphatic rings. The average molecular weight is 263 g/mol. The van der Waals surface area contributed by atoms with E-state index in [4.69, 9.17) is 16.6 Å². The summed E-state index contributed by atoms with van der Waals surface area (Å²) < 4.78 is 0. The van der Waals surface area contributed by atoms with Gasteiger partial charge in [0.25, 0.3) is 0 Å². The maximum absolute atomic E-state index is 6.06. The molecule has 0 amide bonds. The van der Waals surface area contributed by atoms with Crippen molar-refractivity contribution in [2.24, 2.45) is 0 Å². The molecule has 2 rings (SSSR count). The standard InChI is InChI=1S/C15H19ClN2/c1-4-11(2)18(3)15-13(10-16)9-12-7-5-6-8-14(12)17-15/h5-9,11H,4,10H2,1-3H3. The zero-order valence-corrected chi connectivity index (χ0v) is 11.9. The highest BCUT2D eigenvalue weighted by molar-refractivity contribution is 6.17. The van der Waals surface area contributed by atoms with Crippen molar-refractivity contribution in [1.29, 1.82) is 0 Å². The number of hydrogen-bond donors (Lipinski definition) is 0. The molecule has 0 bridgehead atoms. The third kappa shape index (κ3) is 2.44. The summed E-state index contributed by atoms with van der Waals surface area (Å²) in [5.41, 5.74) is 2.12. The van der Waals surface area contributed by atoms with E-state index < -0.39 is 0 Å². The smallest absolute Gasteiger partial charge is 0.133 e. The number of alkyl halides is 1. The van der Waals surface area contributed by atoms with Gasteiger partial charge in [-0.25, -0.2) is 4.98 Å². The molecule has 0 saturated heterocycles. The average Bonchev–Trinajstić information content (AvgIpc) is 2.44. The molecule has 0 radical (unpaired) electrons. The van der Waals surface area contributed by atoms with E-state index in [9.17, 15) is 0 Å². The zero-order chi connectivity index (χ0) is 13.1. The van der Waals surface area contributed by atoms with Crippen LogP contribution in [0.1, 0.15) is 25.8 Å². The van der Waals surface area contributed by atoms with Crippen molar-refractivity contribution in [2.45, 2.75) is 32.2 Å². The quantitative estimate of drug-likeness (QED) is 0.768. The third-order valence-electron chi connectivity index (χ3n) is 3.51. The fourth-order valence-corrected chi connectivity index (χ4v) is 2.23. The van der Waals surface area contributed by atoms with Gasteiger partial charge in [0.05, 0.1) is 11.4 Å². The molecule has 1 aromatic heterocycles. The Balaban J connectivity index is 2.54. The van der Waals surface area contributed by atoms with Crippen molar-refractivity contribution < 1.29 is 0 Å². The van der Waals surface area contributed by atoms with Gasteiger partial charge in [-0.05, 0) is 25.5 Å². The van der Waals surface area contributed by atoms with Crippen molar-refractivity contribution >= 4 is 28.3 Å². The van der Waals surface area contributed by atoms with E-state index in [-0.39, 0.29) is 0 Å². The normalized spacial score (nSPS) is 12.7. The van der Waals surface area contributed by atoms with Crippen molar-refractivity contribution in [3.8, 4) is 0 Å². The lowest BCUT2D eigenvalue weighted by Crippen LogP contribution is -2.29. The zero-order valence-electron chi connectivity index (χ0n) is 11.2. The molecule has 2 aromatic rings. The highest BCUT2D eigenvalue weighted by Crippen LogP contribution is 2.25. The lowest BCUT2D eigenvalue weighted by molar-refractivity contribution is 0.656. The van der Waals surface area contributed by atoms with Crippen molar-refractivity contribution in [3.05, 3.63) is 35.9 Å². The van der Waals surface area contributed by atoms with Crippen LogP contribution in [0.25, 0.3) is 10.9 Å². The third-order valence-corrected chi connectivity index (χ3v) is 3.80. The molecule has 18 heavy (non-hydrogen) atoms. The van der Waals surface area contributed by atoms with Crippen LogP contribution in [0.2, 0.25) is 0 Å². The first kappa shape index (κ1) is 13.2. The van der Waals surface area contributed by atoms with Crippen molar-refractivity contribution in [2.75, 3.05) is 11.9 Å². The second-order valence-electron chi connectivity index (χ2n) is 4.67. The van der Waals surface area contributed by atoms with Gasteiger partial charge in [-0.3, -0.25) is 0 Å². The number of anilines is 1. The number of aromatic nitrogens is 1. The second kappa shape index (κ2) is 5.57. The van der Waals surface area contributed by atoms with Crippen LogP contribution in [0.15, 0.2) is 30.3 Å². The summed E-state index contributed by atoms with van der Waals surface area (Å²) in [6.07, 6.45) is 1.09. The maximum atomic E-state index is 6.06. The topological polar surface area (TPSA) is 16.1 Å². The van der Waals surface area contributed by atoms with Gasteiger partial charge in [0.2, 0.25) is 0 Å². The van der Waals surface area contributed by atoms with Crippen LogP contribution in [0.5, 0.6) is 0 Å². The Kier molecular flexibility index (Phi) is 4.07. The predicted octanol–water partition coefficient (Wildman–Crippen LogP) is 4.21. The van der Waals surface area contributed by atoms with Gasteiger partial charge in [0.1, 0.15) is 5.82 Å². The molecule has 0 saturated carbocycles. The minimum atomic E-state index is 0.459. The van der Waals surface area contributed by atoms with Gasteiger partial charge in [-0.1, -0.05) is 25.1 Å². The predicted molar refractivity (Wildman–Crippen MR) is 79.5 cm³/mol. The van der Waals surface area contributed by atoms with Gasteiger partial charge < -0.3 is 4.90 Å². The van der Waals surface area contributed by atoms with E-state index in [1.54, 1.807) is 0 Å². The van der Waals surface area contributed by atoms with Gasteiger partial charge in [0, 0.05) is 24.0 Å². The van der Waals surface area contributed by atoms with Crippen LogP contribution >= 0.6 is 11.6 Å². The van der Waals surface area contributed by atoms with E-state index in [0.717, 1.165) is 28.7 Å². The van der Waals surface area contributed by atoms with Gasteiger partial charge in [-0.15, -0.1) is 11.6 Å². The van der Waals surface area contributed by atoms with Crippen LogP contribution in [0.4, 0.5) is 5.82 Å². The van der Waals surface area contributed by atoms with Gasteiger partial charge in [-0.2, -0.15) is 0 Å². The number of nitrogens with zero attached hydrogens (tertiary/aromatic N) is 2. The Bertz CT molecular complexity index is 539. The first-order valence-corrected chi connectivity index (χ1v) is 6.88. The van der Waals surface area contributed by atoms with E-state index in [1.165, 1.54) is 0 Å². The lowest BCUT2D eigenvalue weighted by Gasteiger charge is -2.27. The maximum Gasteiger partial charge on any atom is 0.133 e. The van der Waals surface area contributed by atoms with Crippen LogP contribution in [0, 0.1) is 0 Å². The molecule has 0 fully saturated rings. The number of rotatable bonds is 4. The molecule has 96 valence electrons. The van der Waals surface area contributed by atoms with E-state index in [0.29, 0.717) is 11.9 Å². The molecule has 1 heterocycles. The summed E-state index contributed by atoms with van der Waals surface area (Å²) in [5.74, 6) is 1.49. The SMILES string of the molecule is CCC(C)N(C)c1nc2ccccc2cc1CCl. The Hall–Kier alpha value is -1.28. The molecular formula is C15H19ClN2. The summed E-state index contributed by atoms with van der Waals surface area (Å²) in [6.45, 7) is 4.39. The molecule has 0 aliphatic heterocycles. The number of fused-ring (bicyclic) bond motifs is 1. The largest absolute Gasteiger partial charge is 0.357 e. The van der Waals surface area contributed by atoms with Gasteiger partial charge in [0.15, 0.2) is 0 Å². The van der Waals surface area contributed by atoms with Crippen LogP contribution in [-0.4, -0.2) is 18.1 Å². The fraction of sp³-hybridized carbons (Fsp3) is 0.400. The summed E-state index contributed by atoms with van der Waals surface area (Å²) in [5, 5.41) is 1.15. The lowest BCUT2D eigenvalue weighted by atomic mass is 10.1. The first-order valence-electron chi connectivity index (χ1n) is 6.34. The highest BCUT2D eigenvalue weighted by Gasteiger charge is 2.14. The molecule has 0 spiro atoms. The molecule has 2 nitrogen and oxygen atoms in total. The molecule has 0 aliphatic carbocycles. The minimum Gasteiger partial charge on any atom is -0.357 e. The summed E-state index contributed by atoms with van der Waals surface area (Å²) in [7, 11) is 2.08. The molecule has 3 heteroatoms. The van der Waals surface area contributed by atoms with Crippen molar-refractivity contribution in [3.63, 3.8) is 0 Å². The Morgan fingerprint density at radius 1 is 1.33 bits per heavy atom. The van der Waals surface area contributed by atoms with Crippen molar-refractivity contribution in [1.82, 2.24) is 4.98 Å². The number of hydrogen-bond acceptors (Lipinski definition) is 2. The summed E-state index contributed by atoms with van der Waals surface area (Å²) in [4.78, 5) is 6.97. The molecular weight excluding hydrogens is 244 g/mol. The van der Waals surface area contributed by atoms with E-state index >= 15 is 0 Å². The monoisotopic (exact) mass is 262 g/mol. The molecule has 0 N–H and O–H groups in total. The fourth-order valence-electron chi connectivity index (χ4n) is 2.04. The Morgan fingerprint density at radius 2 is 2.06 bits per heavy atom. The van der Waals surface area contributed by atoms with Crippen LogP contribution in [-0.2, 0) is 5.88 Å². The molecule has 1 atom stereocenters. The Labute approximate surface area is 114 Å². The number of benzene rings is 1. The summed E-state index contributed by atoms with van der Waals surface area (Å²) >= 11 is 6.06. The van der Waals surface area contributed by atoms with Crippen LogP contribution < -0.4 is 4.90 Å². The second-order valence-corrected chi connectivity index (χ2v) is 4.93. The number of pyridine rings is 1. The highest BCUT2D eigenvalue weighted by atomic mass is 35.5. The van der Waals surface area contributed by atoms with Gasteiger partial charge >= 0.3 is 0 Å². The van der Waals surface area contributed by atoms with E-state index in [2.05, 4.69) is 37.9 Å². The van der Waals surface area contributed by atoms with E-state index in [1.807, 2.05) is 18.2 Å². The minimum absolute atomic E-state index is 0.459. The molecule has 1 aromatic carbocycles. The summed E-state index contributed by atoms with van der Waals surface area (Å²) in [6, 6.07) is 10.8. The first-order chi connectivity index (χ1) is 8.67. The molecule has 1 unspecified atom stereocenters. The van der Waals surface area contributed by atoms with Crippen LogP contribution in [0.3, 0.4) is 0 Å². The number of halogens is 1. The number of para-hydroxylation sites is 1.